The minimum Gasteiger partial charge on any atom is -0.467 e. The van der Waals surface area contributed by atoms with Crippen molar-refractivity contribution in [2.75, 3.05) is 14.2 Å². The van der Waals surface area contributed by atoms with Crippen LogP contribution in [0.3, 0.4) is 0 Å². The monoisotopic (exact) mass is 363 g/mol. The predicted octanol–water partition coefficient (Wildman–Crippen LogP) is 2.94. The summed E-state index contributed by atoms with van der Waals surface area (Å²) in [5.74, 6) is -0.977. The molecule has 1 atom stereocenters. The molecule has 0 aromatic heterocycles. The average Bonchev–Trinajstić information content (AvgIpc) is 2.58. The zero-order valence-electron chi connectivity index (χ0n) is 15.7. The zero-order chi connectivity index (χ0) is 19.7. The van der Waals surface area contributed by atoms with E-state index < -0.39 is 29.7 Å². The Hall–Kier alpha value is -2.83. The molecule has 1 aromatic rings. The number of hydrogen-bond donors (Lipinski definition) is 1. The fraction of sp³-hybridized carbons (Fsp3) is 0.421. The Bertz CT molecular complexity index is 658. The highest BCUT2D eigenvalue weighted by Gasteiger charge is 2.23. The molecule has 7 nitrogen and oxygen atoms in total. The predicted molar refractivity (Wildman–Crippen MR) is 96.6 cm³/mol. The number of alkyl carbamates (subject to hydrolysis) is 1. The lowest BCUT2D eigenvalue weighted by atomic mass is 10.1. The van der Waals surface area contributed by atoms with E-state index in [4.69, 9.17) is 9.47 Å². The maximum atomic E-state index is 11.8. The van der Waals surface area contributed by atoms with Gasteiger partial charge in [-0.05, 0) is 44.9 Å². The van der Waals surface area contributed by atoms with Crippen molar-refractivity contribution in [2.24, 2.45) is 0 Å². The summed E-state index contributed by atoms with van der Waals surface area (Å²) < 4.78 is 14.5. The Morgan fingerprint density at radius 3 is 2.19 bits per heavy atom. The van der Waals surface area contributed by atoms with Crippen molar-refractivity contribution in [3.63, 3.8) is 0 Å². The third-order valence-electron chi connectivity index (χ3n) is 3.19. The van der Waals surface area contributed by atoms with Gasteiger partial charge in [-0.3, -0.25) is 0 Å². The molecule has 0 heterocycles. The van der Waals surface area contributed by atoms with Crippen LogP contribution in [0.1, 0.15) is 43.1 Å². The van der Waals surface area contributed by atoms with Crippen LogP contribution in [0, 0.1) is 0 Å². The van der Waals surface area contributed by atoms with Crippen molar-refractivity contribution in [2.45, 2.75) is 38.8 Å². The summed E-state index contributed by atoms with van der Waals surface area (Å²) in [5, 5.41) is 2.49. The summed E-state index contributed by atoms with van der Waals surface area (Å²) in [4.78, 5) is 35.1. The molecular weight excluding hydrogens is 338 g/mol. The molecule has 7 heteroatoms. The third kappa shape index (κ3) is 7.38. The first kappa shape index (κ1) is 21.2. The van der Waals surface area contributed by atoms with Crippen molar-refractivity contribution in [1.29, 1.82) is 0 Å². The van der Waals surface area contributed by atoms with Crippen LogP contribution in [0.25, 0.3) is 6.08 Å². The Labute approximate surface area is 153 Å². The van der Waals surface area contributed by atoms with Crippen LogP contribution < -0.4 is 5.32 Å². The van der Waals surface area contributed by atoms with Gasteiger partial charge in [-0.1, -0.05) is 24.3 Å². The molecule has 0 saturated carbocycles. The molecule has 0 aliphatic carbocycles. The number of ether oxygens (including phenoxy) is 3. The third-order valence-corrected chi connectivity index (χ3v) is 3.19. The second kappa shape index (κ2) is 9.60. The summed E-state index contributed by atoms with van der Waals surface area (Å²) in [5.41, 5.74) is 0.615. The Balaban J connectivity index is 2.71. The van der Waals surface area contributed by atoms with Crippen LogP contribution in [-0.4, -0.2) is 43.9 Å². The number of nitrogens with one attached hydrogen (secondary N) is 1. The zero-order valence-corrected chi connectivity index (χ0v) is 15.7. The lowest BCUT2D eigenvalue weighted by Gasteiger charge is -2.22. The lowest BCUT2D eigenvalue weighted by Crippen LogP contribution is -2.43. The van der Waals surface area contributed by atoms with Gasteiger partial charge in [0.05, 0.1) is 19.8 Å². The molecule has 0 radical (unpaired) electrons. The first-order chi connectivity index (χ1) is 12.2. The van der Waals surface area contributed by atoms with Crippen LogP contribution in [0.2, 0.25) is 0 Å². The van der Waals surface area contributed by atoms with Crippen LogP contribution in [-0.2, 0) is 19.0 Å². The number of hydrogen-bond acceptors (Lipinski definition) is 6. The van der Waals surface area contributed by atoms with Gasteiger partial charge < -0.3 is 19.5 Å². The molecule has 26 heavy (non-hydrogen) atoms. The van der Waals surface area contributed by atoms with Crippen molar-refractivity contribution in [3.05, 3.63) is 41.5 Å². The maximum Gasteiger partial charge on any atom is 0.408 e. The highest BCUT2D eigenvalue weighted by Crippen LogP contribution is 2.10. The van der Waals surface area contributed by atoms with Gasteiger partial charge >= 0.3 is 18.0 Å². The largest absolute Gasteiger partial charge is 0.467 e. The molecule has 0 aliphatic rings. The van der Waals surface area contributed by atoms with E-state index in [1.165, 1.54) is 14.2 Å². The fourth-order valence-electron chi connectivity index (χ4n) is 1.99. The second-order valence-electron chi connectivity index (χ2n) is 6.47. The van der Waals surface area contributed by atoms with Gasteiger partial charge in [-0.15, -0.1) is 0 Å². The van der Waals surface area contributed by atoms with Gasteiger partial charge in [0.2, 0.25) is 0 Å². The Morgan fingerprint density at radius 1 is 1.08 bits per heavy atom. The number of methoxy groups -OCH3 is 2. The van der Waals surface area contributed by atoms with Crippen molar-refractivity contribution >= 4 is 24.1 Å². The van der Waals surface area contributed by atoms with Gasteiger partial charge in [0, 0.05) is 0 Å². The minimum absolute atomic E-state index is 0.227. The van der Waals surface area contributed by atoms with Crippen LogP contribution in [0.15, 0.2) is 30.3 Å². The molecule has 0 unspecified atom stereocenters. The summed E-state index contributed by atoms with van der Waals surface area (Å²) in [6.45, 7) is 5.20. The molecule has 1 amide bonds. The minimum atomic E-state index is -0.861. The highest BCUT2D eigenvalue weighted by atomic mass is 16.6. The van der Waals surface area contributed by atoms with Crippen molar-refractivity contribution in [3.8, 4) is 0 Å². The van der Waals surface area contributed by atoms with Gasteiger partial charge in [0.15, 0.2) is 0 Å². The Kier molecular flexibility index (Phi) is 7.83. The van der Waals surface area contributed by atoms with Gasteiger partial charge in [-0.2, -0.15) is 0 Å². The molecule has 0 spiro atoms. The number of amides is 1. The number of carbonyl (C=O) groups excluding carboxylic acids is 3. The van der Waals surface area contributed by atoms with Gasteiger partial charge in [0.25, 0.3) is 0 Å². The van der Waals surface area contributed by atoms with Crippen molar-refractivity contribution in [1.82, 2.24) is 5.32 Å². The topological polar surface area (TPSA) is 90.9 Å². The van der Waals surface area contributed by atoms with E-state index in [9.17, 15) is 14.4 Å². The van der Waals surface area contributed by atoms with E-state index in [1.54, 1.807) is 57.2 Å². The van der Waals surface area contributed by atoms with E-state index in [2.05, 4.69) is 10.1 Å². The summed E-state index contributed by atoms with van der Waals surface area (Å²) in [7, 11) is 2.57. The van der Waals surface area contributed by atoms with E-state index in [-0.39, 0.29) is 6.42 Å². The van der Waals surface area contributed by atoms with Gasteiger partial charge in [0.1, 0.15) is 11.6 Å². The quantitative estimate of drug-likeness (QED) is 0.617. The lowest BCUT2D eigenvalue weighted by molar-refractivity contribution is -0.143. The number of esters is 2. The molecule has 0 saturated heterocycles. The van der Waals surface area contributed by atoms with E-state index in [1.807, 2.05) is 0 Å². The molecule has 1 aromatic carbocycles. The summed E-state index contributed by atoms with van der Waals surface area (Å²) in [6, 6.07) is 5.92. The second-order valence-corrected chi connectivity index (χ2v) is 6.47. The summed E-state index contributed by atoms with van der Waals surface area (Å²) in [6.07, 6.45) is 3.04. The number of carbonyl (C=O) groups is 3. The smallest absolute Gasteiger partial charge is 0.408 e. The average molecular weight is 363 g/mol. The normalized spacial score (nSPS) is 12.3. The highest BCUT2D eigenvalue weighted by molar-refractivity contribution is 5.89. The molecule has 1 N–H and O–H groups in total. The SMILES string of the molecule is COC(=O)c1ccc(/C=C/C[C@H](NC(=O)OC(C)(C)C)C(=O)OC)cc1. The molecule has 1 rings (SSSR count). The first-order valence-electron chi connectivity index (χ1n) is 8.08. The Morgan fingerprint density at radius 2 is 1.69 bits per heavy atom. The van der Waals surface area contributed by atoms with Crippen LogP contribution >= 0.6 is 0 Å². The molecule has 142 valence electrons. The molecule has 0 bridgehead atoms. The molecule has 0 aliphatic heterocycles. The number of benzene rings is 1. The molecule has 0 fully saturated rings. The standard InChI is InChI=1S/C19H25NO6/c1-19(2,3)26-18(23)20-15(17(22)25-5)8-6-7-13-9-11-14(12-10-13)16(21)24-4/h6-7,9-12,15H,8H2,1-5H3,(H,20,23)/b7-6+/t15-/m0/s1. The van der Waals surface area contributed by atoms with Gasteiger partial charge in [-0.25, -0.2) is 14.4 Å². The molecular formula is C19H25NO6. The number of rotatable bonds is 6. The fourth-order valence-corrected chi connectivity index (χ4v) is 1.99. The van der Waals surface area contributed by atoms with E-state index in [0.717, 1.165) is 5.56 Å². The van der Waals surface area contributed by atoms with E-state index >= 15 is 0 Å². The van der Waals surface area contributed by atoms with Crippen LogP contribution in [0.4, 0.5) is 4.79 Å². The first-order valence-corrected chi connectivity index (χ1v) is 8.08. The van der Waals surface area contributed by atoms with Crippen LogP contribution in [0.5, 0.6) is 0 Å². The maximum absolute atomic E-state index is 11.8. The van der Waals surface area contributed by atoms with E-state index in [0.29, 0.717) is 5.56 Å². The summed E-state index contributed by atoms with van der Waals surface area (Å²) >= 11 is 0. The van der Waals surface area contributed by atoms with Crippen molar-refractivity contribution < 1.29 is 28.6 Å².